The Morgan fingerprint density at radius 3 is 2.82 bits per heavy atom. The molecule has 0 radical (unpaired) electrons. The van der Waals surface area contributed by atoms with E-state index in [0.717, 1.165) is 23.6 Å². The molecular formula is C18H17F2N3O3S2. The number of aromatic nitrogens is 2. The standard InChI is InChI=1S/C18H17F2N3O3S2/c1-11-5-6-16(26-11)28-23-14-9-15(25-8-7-24)22-18(21-14)27-10-12-3-2-4-13(19)17(12)20/h2-6,9,24H,7-8,10H2,1H3,(H,21,22,23). The van der Waals surface area contributed by atoms with E-state index in [-0.39, 0.29) is 30.4 Å². The van der Waals surface area contributed by atoms with E-state index in [2.05, 4.69) is 14.7 Å². The number of hydrogen-bond donors (Lipinski definition) is 2. The van der Waals surface area contributed by atoms with E-state index in [0.29, 0.717) is 16.1 Å². The van der Waals surface area contributed by atoms with Crippen LogP contribution in [0, 0.1) is 18.6 Å². The molecule has 0 spiro atoms. The second-order valence-corrected chi connectivity index (χ2v) is 7.27. The molecule has 2 N–H and O–H groups in total. The second-order valence-electron chi connectivity index (χ2n) is 5.52. The van der Waals surface area contributed by atoms with Gasteiger partial charge in [0.05, 0.1) is 6.61 Å². The van der Waals surface area contributed by atoms with Crippen LogP contribution in [0.15, 0.2) is 51.1 Å². The van der Waals surface area contributed by atoms with Gasteiger partial charge in [-0.05, 0) is 25.1 Å². The Morgan fingerprint density at radius 1 is 1.21 bits per heavy atom. The summed E-state index contributed by atoms with van der Waals surface area (Å²) in [7, 11) is 0. The van der Waals surface area contributed by atoms with Gasteiger partial charge in [-0.1, -0.05) is 23.9 Å². The molecule has 0 aliphatic carbocycles. The van der Waals surface area contributed by atoms with Crippen LogP contribution in [0.1, 0.15) is 11.3 Å². The number of aliphatic hydroxyl groups excluding tert-OH is 1. The van der Waals surface area contributed by atoms with Crippen LogP contribution in [0.4, 0.5) is 14.6 Å². The minimum Gasteiger partial charge on any atom is -0.475 e. The molecule has 0 aliphatic heterocycles. The molecule has 28 heavy (non-hydrogen) atoms. The molecule has 3 rings (SSSR count). The topological polar surface area (TPSA) is 80.4 Å². The number of rotatable bonds is 9. The fourth-order valence-electron chi connectivity index (χ4n) is 2.12. The highest BCUT2D eigenvalue weighted by Gasteiger charge is 2.12. The van der Waals surface area contributed by atoms with Gasteiger partial charge in [0, 0.05) is 29.3 Å². The zero-order chi connectivity index (χ0) is 19.9. The normalized spacial score (nSPS) is 10.9. The molecule has 2 aromatic heterocycles. The first-order valence-electron chi connectivity index (χ1n) is 8.23. The third kappa shape index (κ3) is 5.60. The molecule has 0 atom stereocenters. The van der Waals surface area contributed by atoms with Crippen LogP contribution in [-0.2, 0) is 5.75 Å². The number of aliphatic hydroxyl groups is 1. The Bertz CT molecular complexity index is 940. The van der Waals surface area contributed by atoms with Crippen molar-refractivity contribution in [1.82, 2.24) is 9.97 Å². The van der Waals surface area contributed by atoms with Crippen molar-refractivity contribution < 1.29 is 23.0 Å². The van der Waals surface area contributed by atoms with Crippen LogP contribution in [0.3, 0.4) is 0 Å². The number of nitrogens with one attached hydrogen (secondary N) is 1. The lowest BCUT2D eigenvalue weighted by atomic mass is 10.2. The predicted octanol–water partition coefficient (Wildman–Crippen LogP) is 4.44. The molecule has 3 aromatic rings. The number of aryl methyl sites for hydroxylation is 1. The van der Waals surface area contributed by atoms with Gasteiger partial charge in [-0.25, -0.2) is 13.8 Å². The Hall–Kier alpha value is -2.30. The van der Waals surface area contributed by atoms with Crippen LogP contribution in [0.2, 0.25) is 0 Å². The Labute approximate surface area is 168 Å². The number of ether oxygens (including phenoxy) is 1. The van der Waals surface area contributed by atoms with E-state index < -0.39 is 11.6 Å². The van der Waals surface area contributed by atoms with Gasteiger partial charge in [0.2, 0.25) is 5.88 Å². The van der Waals surface area contributed by atoms with Crippen molar-refractivity contribution in [1.29, 1.82) is 0 Å². The van der Waals surface area contributed by atoms with Crippen molar-refractivity contribution in [3.8, 4) is 5.88 Å². The SMILES string of the molecule is Cc1ccc(SNc2cc(OCCO)nc(SCc3cccc(F)c3F)n2)o1. The van der Waals surface area contributed by atoms with Crippen molar-refractivity contribution >= 4 is 29.5 Å². The van der Waals surface area contributed by atoms with E-state index in [4.69, 9.17) is 14.3 Å². The average molecular weight is 425 g/mol. The summed E-state index contributed by atoms with van der Waals surface area (Å²) in [4.78, 5) is 8.58. The molecule has 0 aliphatic rings. The predicted molar refractivity (Wildman–Crippen MR) is 103 cm³/mol. The van der Waals surface area contributed by atoms with Crippen molar-refractivity contribution in [3.63, 3.8) is 0 Å². The third-order valence-corrected chi connectivity index (χ3v) is 5.01. The largest absolute Gasteiger partial charge is 0.475 e. The lowest BCUT2D eigenvalue weighted by Gasteiger charge is -2.09. The zero-order valence-electron chi connectivity index (χ0n) is 14.8. The van der Waals surface area contributed by atoms with Gasteiger partial charge in [-0.3, -0.25) is 0 Å². The highest BCUT2D eigenvalue weighted by molar-refractivity contribution is 8.00. The van der Waals surface area contributed by atoms with E-state index in [1.54, 1.807) is 6.07 Å². The molecule has 0 amide bonds. The third-order valence-electron chi connectivity index (χ3n) is 3.38. The van der Waals surface area contributed by atoms with Crippen molar-refractivity contribution in [2.24, 2.45) is 0 Å². The van der Waals surface area contributed by atoms with Gasteiger partial charge in [0.15, 0.2) is 21.9 Å². The van der Waals surface area contributed by atoms with Crippen LogP contribution in [-0.4, -0.2) is 28.3 Å². The van der Waals surface area contributed by atoms with E-state index in [1.165, 1.54) is 24.1 Å². The molecule has 6 nitrogen and oxygen atoms in total. The minimum atomic E-state index is -0.897. The summed E-state index contributed by atoms with van der Waals surface area (Å²) in [5, 5.41) is 9.92. The smallest absolute Gasteiger partial charge is 0.219 e. The Morgan fingerprint density at radius 2 is 2.07 bits per heavy atom. The fourth-order valence-corrected chi connectivity index (χ4v) is 3.56. The van der Waals surface area contributed by atoms with E-state index >= 15 is 0 Å². The summed E-state index contributed by atoms with van der Waals surface area (Å²) >= 11 is 2.36. The molecular weight excluding hydrogens is 408 g/mol. The van der Waals surface area contributed by atoms with Crippen LogP contribution in [0.25, 0.3) is 0 Å². The van der Waals surface area contributed by atoms with E-state index in [9.17, 15) is 8.78 Å². The second kappa shape index (κ2) is 9.76. The van der Waals surface area contributed by atoms with Gasteiger partial charge in [-0.15, -0.1) is 0 Å². The number of halogens is 2. The van der Waals surface area contributed by atoms with Crippen LogP contribution >= 0.6 is 23.7 Å². The summed E-state index contributed by atoms with van der Waals surface area (Å²) in [6.45, 7) is 1.75. The Kier molecular flexibility index (Phi) is 7.12. The maximum atomic E-state index is 13.8. The van der Waals surface area contributed by atoms with Crippen molar-refractivity contribution in [2.45, 2.75) is 22.9 Å². The number of thioether (sulfide) groups is 1. The molecule has 2 heterocycles. The molecule has 0 bridgehead atoms. The number of hydrogen-bond acceptors (Lipinski definition) is 8. The maximum Gasteiger partial charge on any atom is 0.219 e. The lowest BCUT2D eigenvalue weighted by Crippen LogP contribution is -2.05. The summed E-state index contributed by atoms with van der Waals surface area (Å²) in [5.41, 5.74) is 0.213. The summed E-state index contributed by atoms with van der Waals surface area (Å²) < 4.78 is 41.1. The van der Waals surface area contributed by atoms with Gasteiger partial charge in [0.25, 0.3) is 0 Å². The minimum absolute atomic E-state index is 0.0730. The molecule has 148 valence electrons. The number of nitrogens with zero attached hydrogens (tertiary/aromatic N) is 2. The molecule has 10 heteroatoms. The molecule has 1 aromatic carbocycles. The van der Waals surface area contributed by atoms with Gasteiger partial charge in [0.1, 0.15) is 18.2 Å². The molecule has 0 fully saturated rings. The van der Waals surface area contributed by atoms with Crippen molar-refractivity contribution in [3.05, 3.63) is 59.4 Å². The summed E-state index contributed by atoms with van der Waals surface area (Å²) in [5.74, 6) is -0.144. The summed E-state index contributed by atoms with van der Waals surface area (Å²) in [6.07, 6.45) is 0. The Balaban J connectivity index is 1.73. The number of furan rings is 1. The maximum absolute atomic E-state index is 13.8. The fraction of sp³-hybridized carbons (Fsp3) is 0.222. The average Bonchev–Trinajstić information content (AvgIpc) is 3.11. The first kappa shape index (κ1) is 20.4. The lowest BCUT2D eigenvalue weighted by molar-refractivity contribution is 0.195. The van der Waals surface area contributed by atoms with Gasteiger partial charge >= 0.3 is 0 Å². The molecule has 0 unspecified atom stereocenters. The quantitative estimate of drug-likeness (QED) is 0.296. The zero-order valence-corrected chi connectivity index (χ0v) is 16.4. The molecule has 0 saturated heterocycles. The highest BCUT2D eigenvalue weighted by Crippen LogP contribution is 2.28. The monoisotopic (exact) mass is 425 g/mol. The van der Waals surface area contributed by atoms with E-state index in [1.807, 2.05) is 19.1 Å². The molecule has 0 saturated carbocycles. The number of benzene rings is 1. The van der Waals surface area contributed by atoms with Crippen molar-refractivity contribution in [2.75, 3.05) is 17.9 Å². The van der Waals surface area contributed by atoms with Gasteiger partial charge < -0.3 is 19.0 Å². The van der Waals surface area contributed by atoms with Crippen LogP contribution < -0.4 is 9.46 Å². The number of anilines is 1. The van der Waals surface area contributed by atoms with Gasteiger partial charge in [-0.2, -0.15) is 4.98 Å². The first-order valence-corrected chi connectivity index (χ1v) is 10.0. The summed E-state index contributed by atoms with van der Waals surface area (Å²) in [6, 6.07) is 9.26. The highest BCUT2D eigenvalue weighted by atomic mass is 32.2. The first-order chi connectivity index (χ1) is 13.5. The van der Waals surface area contributed by atoms with Crippen LogP contribution in [0.5, 0.6) is 5.88 Å².